The Bertz CT molecular complexity index is 1040. The van der Waals surface area contributed by atoms with Gasteiger partial charge in [-0.2, -0.15) is 0 Å². The van der Waals surface area contributed by atoms with Crippen molar-refractivity contribution < 1.29 is 24.3 Å². The summed E-state index contributed by atoms with van der Waals surface area (Å²) in [6.45, 7) is 10.3. The second-order valence-electron chi connectivity index (χ2n) is 9.91. The number of carbonyl (C=O) groups is 1. The third kappa shape index (κ3) is 4.67. The number of rotatable bonds is 5. The molecule has 178 valence electrons. The summed E-state index contributed by atoms with van der Waals surface area (Å²) in [5, 5.41) is 20.5. The number of anilines is 1. The lowest BCUT2D eigenvalue weighted by molar-refractivity contribution is -0.389. The van der Waals surface area contributed by atoms with Gasteiger partial charge in [0, 0.05) is 36.4 Å². The summed E-state index contributed by atoms with van der Waals surface area (Å²) in [6.07, 6.45) is 0.477. The minimum absolute atomic E-state index is 0.134. The number of imidazole rings is 1. The molecule has 3 heterocycles. The van der Waals surface area contributed by atoms with Crippen molar-refractivity contribution in [3.8, 4) is 11.8 Å². The zero-order valence-electron chi connectivity index (χ0n) is 19.2. The van der Waals surface area contributed by atoms with Crippen LogP contribution in [0.25, 0.3) is 0 Å². The Morgan fingerprint density at radius 1 is 1.39 bits per heavy atom. The zero-order chi connectivity index (χ0) is 24.0. The molecule has 1 amide bonds. The number of ether oxygens (including phenoxy) is 2. The summed E-state index contributed by atoms with van der Waals surface area (Å²) in [7, 11) is 0. The van der Waals surface area contributed by atoms with E-state index in [1.807, 2.05) is 31.2 Å². The topological polar surface area (TPSA) is 123 Å². The highest BCUT2D eigenvalue weighted by molar-refractivity contribution is 5.66. The monoisotopic (exact) mass is 459 g/mol. The van der Waals surface area contributed by atoms with E-state index in [1.54, 1.807) is 4.57 Å². The molecule has 2 aliphatic rings. The molecule has 2 aromatic rings. The van der Waals surface area contributed by atoms with Gasteiger partial charge in [0.05, 0.1) is 12.6 Å². The lowest BCUT2D eigenvalue weighted by atomic mass is 9.84. The Hall–Kier alpha value is -3.50. The maximum absolute atomic E-state index is 11.7. The van der Waals surface area contributed by atoms with Gasteiger partial charge in [0.15, 0.2) is 5.60 Å². The Balaban J connectivity index is 1.42. The predicted molar refractivity (Wildman–Crippen MR) is 120 cm³/mol. The molecule has 1 N–H and O–H groups in total. The number of nitrogens with zero attached hydrogens (tertiary/aromatic N) is 5. The van der Waals surface area contributed by atoms with Crippen LogP contribution in [0.1, 0.15) is 27.7 Å². The fourth-order valence-electron chi connectivity index (χ4n) is 4.35. The van der Waals surface area contributed by atoms with Crippen molar-refractivity contribution in [3.63, 3.8) is 0 Å². The SMILES string of the molecule is CC1(COc2cccc(N3CCN(C(=O)O)[C@H](C(C)(C)C)C3)c2)Cn2cc([N+](=O)[O-])nc2O1. The maximum atomic E-state index is 11.7. The number of aromatic nitrogens is 2. The van der Waals surface area contributed by atoms with Crippen molar-refractivity contribution in [1.82, 2.24) is 14.5 Å². The van der Waals surface area contributed by atoms with Gasteiger partial charge in [0.25, 0.3) is 0 Å². The second-order valence-corrected chi connectivity index (χ2v) is 9.91. The molecule has 0 saturated carbocycles. The summed E-state index contributed by atoms with van der Waals surface area (Å²) >= 11 is 0. The van der Waals surface area contributed by atoms with Gasteiger partial charge in [0.2, 0.25) is 0 Å². The molecular weight excluding hydrogens is 430 g/mol. The molecule has 0 aliphatic carbocycles. The third-order valence-electron chi connectivity index (χ3n) is 6.11. The molecule has 0 bridgehead atoms. The first-order chi connectivity index (χ1) is 15.4. The Morgan fingerprint density at radius 2 is 2.15 bits per heavy atom. The van der Waals surface area contributed by atoms with E-state index in [9.17, 15) is 20.0 Å². The highest BCUT2D eigenvalue weighted by Crippen LogP contribution is 2.33. The molecule has 1 aromatic carbocycles. The predicted octanol–water partition coefficient (Wildman–Crippen LogP) is 3.24. The number of carboxylic acid groups (broad SMARTS) is 1. The van der Waals surface area contributed by atoms with Gasteiger partial charge >= 0.3 is 17.9 Å². The third-order valence-corrected chi connectivity index (χ3v) is 6.11. The van der Waals surface area contributed by atoms with Crippen LogP contribution in [0.2, 0.25) is 0 Å². The van der Waals surface area contributed by atoms with E-state index in [4.69, 9.17) is 9.47 Å². The van der Waals surface area contributed by atoms with E-state index in [0.717, 1.165) is 5.69 Å². The molecule has 11 heteroatoms. The van der Waals surface area contributed by atoms with Gasteiger partial charge in [-0.15, -0.1) is 0 Å². The van der Waals surface area contributed by atoms with Crippen LogP contribution in [0.15, 0.2) is 30.5 Å². The molecule has 2 aliphatic heterocycles. The quantitative estimate of drug-likeness (QED) is 0.534. The number of benzene rings is 1. The first-order valence-electron chi connectivity index (χ1n) is 10.8. The standard InChI is InChI=1S/C22H29N5O6/c1-21(2,3)17-11-24(8-9-26(17)20(28)29)15-6-5-7-16(10-15)32-14-22(4)13-25-12-18(27(30)31)23-19(25)33-22/h5-7,10,12,17H,8-9,11,13-14H2,1-4H3,(H,28,29)/t17-,22?/m0/s1. The summed E-state index contributed by atoms with van der Waals surface area (Å²) in [4.78, 5) is 29.6. The molecule has 0 radical (unpaired) electrons. The van der Waals surface area contributed by atoms with E-state index in [1.165, 1.54) is 11.1 Å². The average molecular weight is 460 g/mol. The van der Waals surface area contributed by atoms with Crippen molar-refractivity contribution in [3.05, 3.63) is 40.6 Å². The molecule has 2 atom stereocenters. The normalized spacial score (nSPS) is 22.6. The Kier molecular flexibility index (Phi) is 5.59. The lowest BCUT2D eigenvalue weighted by Crippen LogP contribution is -2.59. The van der Waals surface area contributed by atoms with Crippen LogP contribution < -0.4 is 14.4 Å². The summed E-state index contributed by atoms with van der Waals surface area (Å²) in [5.74, 6) is 0.429. The van der Waals surface area contributed by atoms with Gasteiger partial charge in [-0.3, -0.25) is 4.57 Å². The van der Waals surface area contributed by atoms with Crippen molar-refractivity contribution in [2.45, 2.75) is 45.9 Å². The van der Waals surface area contributed by atoms with Crippen LogP contribution in [0.4, 0.5) is 16.3 Å². The van der Waals surface area contributed by atoms with E-state index >= 15 is 0 Å². The minimum atomic E-state index is -0.887. The number of nitro groups is 1. The van der Waals surface area contributed by atoms with Gasteiger partial charge in [-0.25, -0.2) is 4.79 Å². The smallest absolute Gasteiger partial charge is 0.415 e. The Labute approximate surface area is 191 Å². The number of hydrogen-bond acceptors (Lipinski definition) is 7. The molecule has 11 nitrogen and oxygen atoms in total. The lowest BCUT2D eigenvalue weighted by Gasteiger charge is -2.46. The number of hydrogen-bond donors (Lipinski definition) is 1. The molecule has 0 spiro atoms. The van der Waals surface area contributed by atoms with Crippen molar-refractivity contribution in [2.24, 2.45) is 5.41 Å². The van der Waals surface area contributed by atoms with E-state index in [-0.39, 0.29) is 29.9 Å². The average Bonchev–Trinajstić information content (AvgIpc) is 3.27. The van der Waals surface area contributed by atoms with Crippen molar-refractivity contribution in [1.29, 1.82) is 0 Å². The number of fused-ring (bicyclic) bond motifs is 1. The van der Waals surface area contributed by atoms with E-state index < -0.39 is 16.6 Å². The van der Waals surface area contributed by atoms with E-state index in [2.05, 4.69) is 30.7 Å². The van der Waals surface area contributed by atoms with Gasteiger partial charge in [-0.1, -0.05) is 26.8 Å². The highest BCUT2D eigenvalue weighted by Gasteiger charge is 2.41. The van der Waals surface area contributed by atoms with Crippen LogP contribution in [0.3, 0.4) is 0 Å². The highest BCUT2D eigenvalue weighted by atomic mass is 16.6. The first-order valence-corrected chi connectivity index (χ1v) is 10.8. The van der Waals surface area contributed by atoms with Gasteiger partial charge < -0.3 is 34.5 Å². The second kappa shape index (κ2) is 8.13. The van der Waals surface area contributed by atoms with Crippen LogP contribution in [0.5, 0.6) is 11.8 Å². The van der Waals surface area contributed by atoms with Crippen molar-refractivity contribution in [2.75, 3.05) is 31.1 Å². The summed E-state index contributed by atoms with van der Waals surface area (Å²) in [6, 6.07) is 7.78. The maximum Gasteiger partial charge on any atom is 0.415 e. The molecule has 4 rings (SSSR count). The van der Waals surface area contributed by atoms with Gasteiger partial charge in [-0.05, 0) is 29.4 Å². The fourth-order valence-corrected chi connectivity index (χ4v) is 4.35. The van der Waals surface area contributed by atoms with Crippen LogP contribution >= 0.6 is 0 Å². The van der Waals surface area contributed by atoms with Gasteiger partial charge in [0.1, 0.15) is 18.6 Å². The molecule has 1 aromatic heterocycles. The molecule has 33 heavy (non-hydrogen) atoms. The first kappa shape index (κ1) is 22.7. The minimum Gasteiger partial charge on any atom is -0.489 e. The fraction of sp³-hybridized carbons (Fsp3) is 0.545. The number of amides is 1. The van der Waals surface area contributed by atoms with Crippen molar-refractivity contribution >= 4 is 17.6 Å². The zero-order valence-corrected chi connectivity index (χ0v) is 19.2. The van der Waals surface area contributed by atoms with E-state index in [0.29, 0.717) is 31.9 Å². The summed E-state index contributed by atoms with van der Waals surface area (Å²) in [5.41, 5.74) is 0.0738. The van der Waals surface area contributed by atoms with Crippen LogP contribution in [-0.4, -0.2) is 68.5 Å². The Morgan fingerprint density at radius 3 is 2.79 bits per heavy atom. The largest absolute Gasteiger partial charge is 0.489 e. The molecule has 1 fully saturated rings. The molecule has 1 saturated heterocycles. The molecule has 1 unspecified atom stereocenters. The molecular formula is C22H29N5O6. The number of piperazine rings is 1. The summed E-state index contributed by atoms with van der Waals surface area (Å²) < 4.78 is 13.5. The van der Waals surface area contributed by atoms with Crippen LogP contribution in [0, 0.1) is 15.5 Å². The van der Waals surface area contributed by atoms with Crippen LogP contribution in [-0.2, 0) is 6.54 Å².